The van der Waals surface area contributed by atoms with Crippen LogP contribution < -0.4 is 0 Å². The zero-order valence-corrected chi connectivity index (χ0v) is 7.78. The normalized spacial score (nSPS) is 11.0. The van der Waals surface area contributed by atoms with Gasteiger partial charge in [0.2, 0.25) is 0 Å². The highest BCUT2D eigenvalue weighted by atomic mass is 15.1. The Morgan fingerprint density at radius 3 is 2.85 bits per heavy atom. The third kappa shape index (κ3) is 1.11. The van der Waals surface area contributed by atoms with E-state index >= 15 is 0 Å². The monoisotopic (exact) mass is 173 g/mol. The molecule has 2 heterocycles. The van der Waals surface area contributed by atoms with Crippen LogP contribution in [-0.2, 0) is 6.42 Å². The van der Waals surface area contributed by atoms with Crippen molar-refractivity contribution in [3.63, 3.8) is 0 Å². The van der Waals surface area contributed by atoms with E-state index in [1.54, 1.807) is 17.0 Å². The zero-order valence-electron chi connectivity index (χ0n) is 7.78. The molecule has 2 radical (unpaired) electrons. The van der Waals surface area contributed by atoms with Gasteiger partial charge in [0.15, 0.2) is 0 Å². The van der Waals surface area contributed by atoms with Gasteiger partial charge in [-0.3, -0.25) is 4.98 Å². The van der Waals surface area contributed by atoms with Gasteiger partial charge in [-0.25, -0.2) is 4.98 Å². The lowest BCUT2D eigenvalue weighted by molar-refractivity contribution is 0.906. The first kappa shape index (κ1) is 8.23. The second kappa shape index (κ2) is 2.83. The highest BCUT2D eigenvalue weighted by Crippen LogP contribution is 2.17. The lowest BCUT2D eigenvalue weighted by Crippen LogP contribution is -1.92. The topological polar surface area (TPSA) is 30.7 Å². The van der Waals surface area contributed by atoms with E-state index < -0.39 is 0 Å². The third-order valence-corrected chi connectivity index (χ3v) is 2.18. The summed E-state index contributed by atoms with van der Waals surface area (Å²) in [7, 11) is 5.83. The van der Waals surface area contributed by atoms with E-state index in [1.807, 2.05) is 13.8 Å². The smallest absolute Gasteiger partial charge is 0.110 e. The van der Waals surface area contributed by atoms with Crippen LogP contribution in [-0.4, -0.2) is 14.5 Å². The molecule has 0 aromatic carbocycles. The molecule has 0 fully saturated rings. The quantitative estimate of drug-likeness (QED) is 0.658. The number of fused-ring (bicyclic) bond motifs is 1. The summed E-state index contributed by atoms with van der Waals surface area (Å²) in [5.41, 5.74) is 2.92. The van der Waals surface area contributed by atoms with Crippen molar-refractivity contribution in [2.45, 2.75) is 20.3 Å². The van der Waals surface area contributed by atoms with Gasteiger partial charge in [0.05, 0.1) is 24.3 Å². The van der Waals surface area contributed by atoms with Crippen molar-refractivity contribution in [3.8, 4) is 0 Å². The minimum atomic E-state index is 0.838. The van der Waals surface area contributed by atoms with Crippen molar-refractivity contribution in [2.24, 2.45) is 0 Å². The van der Waals surface area contributed by atoms with Gasteiger partial charge in [0, 0.05) is 12.6 Å². The van der Waals surface area contributed by atoms with E-state index in [4.69, 9.17) is 7.05 Å². The average Bonchev–Trinajstić information content (AvgIpc) is 2.45. The van der Waals surface area contributed by atoms with Crippen molar-refractivity contribution in [2.75, 3.05) is 0 Å². The molecule has 0 unspecified atom stereocenters. The minimum absolute atomic E-state index is 0.838. The number of rotatable bonds is 1. The maximum absolute atomic E-state index is 5.83. The van der Waals surface area contributed by atoms with Gasteiger partial charge in [-0.15, -0.1) is 0 Å². The van der Waals surface area contributed by atoms with Gasteiger partial charge in [-0.05, 0) is 12.5 Å². The minimum Gasteiger partial charge on any atom is -0.319 e. The van der Waals surface area contributed by atoms with Gasteiger partial charge in [-0.1, -0.05) is 6.92 Å². The number of imidazole rings is 1. The van der Waals surface area contributed by atoms with E-state index in [0.717, 1.165) is 28.8 Å². The Morgan fingerprint density at radius 2 is 2.23 bits per heavy atom. The second-order valence-corrected chi connectivity index (χ2v) is 3.08. The first-order valence-corrected chi connectivity index (χ1v) is 4.31. The highest BCUT2D eigenvalue weighted by Gasteiger charge is 2.07. The molecule has 2 rings (SSSR count). The number of aromatic nitrogens is 3. The fourth-order valence-electron chi connectivity index (χ4n) is 1.44. The molecule has 0 atom stereocenters. The third-order valence-electron chi connectivity index (χ3n) is 2.18. The molecule has 0 bridgehead atoms. The van der Waals surface area contributed by atoms with Crippen molar-refractivity contribution in [3.05, 3.63) is 30.8 Å². The Bertz CT molecular complexity index is 443. The fourth-order valence-corrected chi connectivity index (χ4v) is 1.44. The Labute approximate surface area is 77.4 Å². The van der Waals surface area contributed by atoms with Crippen LogP contribution in [0.15, 0.2) is 12.4 Å². The predicted molar refractivity (Wildman–Crippen MR) is 51.3 cm³/mol. The Hall–Kier alpha value is -1.38. The highest BCUT2D eigenvalue weighted by molar-refractivity contribution is 5.78. The molecular weight excluding hydrogens is 162 g/mol. The van der Waals surface area contributed by atoms with Crippen LogP contribution in [0.25, 0.3) is 11.0 Å². The number of aryl methyl sites for hydroxylation is 2. The van der Waals surface area contributed by atoms with E-state index in [2.05, 4.69) is 9.97 Å². The molecule has 0 saturated carbocycles. The predicted octanol–water partition coefficient (Wildman–Crippen LogP) is 1.82. The Balaban J connectivity index is 2.83. The van der Waals surface area contributed by atoms with E-state index in [-0.39, 0.29) is 0 Å². The van der Waals surface area contributed by atoms with Crippen molar-refractivity contribution in [1.29, 1.82) is 0 Å². The first-order chi connectivity index (χ1) is 6.24. The summed E-state index contributed by atoms with van der Waals surface area (Å²) < 4.78 is 1.61. The molecule has 2 aromatic heterocycles. The van der Waals surface area contributed by atoms with Crippen molar-refractivity contribution >= 4 is 11.0 Å². The van der Waals surface area contributed by atoms with Crippen molar-refractivity contribution < 1.29 is 0 Å². The summed E-state index contributed by atoms with van der Waals surface area (Å²) in [5.74, 6) is 0.895. The number of hydrogen-bond donors (Lipinski definition) is 0. The summed E-state index contributed by atoms with van der Waals surface area (Å²) >= 11 is 0. The number of hydrogen-bond acceptors (Lipinski definition) is 2. The van der Waals surface area contributed by atoms with Crippen LogP contribution in [0.2, 0.25) is 0 Å². The SMILES string of the molecule is [CH]n1c(CC)nc2c(C)cncc21. The Kier molecular flexibility index (Phi) is 1.79. The molecule has 66 valence electrons. The van der Waals surface area contributed by atoms with Crippen LogP contribution in [0.1, 0.15) is 18.3 Å². The van der Waals surface area contributed by atoms with Crippen LogP contribution in [0.5, 0.6) is 0 Å². The lowest BCUT2D eigenvalue weighted by atomic mass is 10.3. The molecule has 0 amide bonds. The molecule has 0 aliphatic carbocycles. The maximum Gasteiger partial charge on any atom is 0.110 e. The molecule has 2 aromatic rings. The van der Waals surface area contributed by atoms with Crippen LogP contribution >= 0.6 is 0 Å². The first-order valence-electron chi connectivity index (χ1n) is 4.31. The summed E-state index contributed by atoms with van der Waals surface area (Å²) in [4.78, 5) is 8.51. The standard InChI is InChI=1S/C10H11N3/c1-4-9-12-10-7(2)5-11-6-8(10)13(9)3/h3,5-6H,4H2,1-2H3. The summed E-state index contributed by atoms with van der Waals surface area (Å²) in [6.45, 7) is 4.02. The van der Waals surface area contributed by atoms with Gasteiger partial charge in [0.25, 0.3) is 0 Å². The van der Waals surface area contributed by atoms with E-state index in [0.29, 0.717) is 0 Å². The largest absolute Gasteiger partial charge is 0.319 e. The van der Waals surface area contributed by atoms with Crippen LogP contribution in [0.4, 0.5) is 0 Å². The van der Waals surface area contributed by atoms with Gasteiger partial charge in [0.1, 0.15) is 5.82 Å². The molecule has 0 N–H and O–H groups in total. The molecule has 0 aliphatic rings. The average molecular weight is 173 g/mol. The van der Waals surface area contributed by atoms with E-state index in [9.17, 15) is 0 Å². The van der Waals surface area contributed by atoms with Gasteiger partial charge in [-0.2, -0.15) is 0 Å². The van der Waals surface area contributed by atoms with Crippen molar-refractivity contribution in [1.82, 2.24) is 14.5 Å². The fraction of sp³-hybridized carbons (Fsp3) is 0.300. The lowest BCUT2D eigenvalue weighted by Gasteiger charge is -1.96. The van der Waals surface area contributed by atoms with Gasteiger partial charge >= 0.3 is 0 Å². The zero-order chi connectivity index (χ0) is 9.42. The van der Waals surface area contributed by atoms with Crippen LogP contribution in [0.3, 0.4) is 0 Å². The molecule has 3 nitrogen and oxygen atoms in total. The Morgan fingerprint density at radius 1 is 1.46 bits per heavy atom. The second-order valence-electron chi connectivity index (χ2n) is 3.08. The summed E-state index contributed by atoms with van der Waals surface area (Å²) in [6.07, 6.45) is 4.38. The molecular formula is C10H11N3. The molecule has 3 heteroatoms. The van der Waals surface area contributed by atoms with Gasteiger partial charge < -0.3 is 4.57 Å². The maximum atomic E-state index is 5.83. The molecule has 0 spiro atoms. The number of pyridine rings is 1. The van der Waals surface area contributed by atoms with E-state index in [1.165, 1.54) is 0 Å². The number of nitrogens with zero attached hydrogens (tertiary/aromatic N) is 3. The molecule has 0 aliphatic heterocycles. The summed E-state index contributed by atoms with van der Waals surface area (Å²) in [6, 6.07) is 0. The molecule has 0 saturated heterocycles. The summed E-state index contributed by atoms with van der Waals surface area (Å²) in [5, 5.41) is 0. The van der Waals surface area contributed by atoms with Crippen LogP contribution in [0, 0.1) is 14.0 Å². The molecule has 13 heavy (non-hydrogen) atoms.